The first-order chi connectivity index (χ1) is 8.48. The van der Waals surface area contributed by atoms with E-state index in [4.69, 9.17) is 4.74 Å². The molecule has 0 bridgehead atoms. The van der Waals surface area contributed by atoms with Crippen molar-refractivity contribution in [1.82, 2.24) is 10.3 Å². The van der Waals surface area contributed by atoms with Crippen molar-refractivity contribution in [3.05, 3.63) is 22.4 Å². The second-order valence-electron chi connectivity index (χ2n) is 4.72. The van der Waals surface area contributed by atoms with E-state index in [9.17, 15) is 4.79 Å². The second-order valence-corrected chi connectivity index (χ2v) is 5.47. The van der Waals surface area contributed by atoms with Gasteiger partial charge >= 0.3 is 0 Å². The summed E-state index contributed by atoms with van der Waals surface area (Å²) in [4.78, 5) is 15.8. The highest BCUT2D eigenvalue weighted by Gasteiger charge is 2.32. The average molecular weight is 314 g/mol. The molecule has 0 saturated carbocycles. The van der Waals surface area contributed by atoms with Crippen molar-refractivity contribution in [3.8, 4) is 0 Å². The Morgan fingerprint density at radius 1 is 1.67 bits per heavy atom. The normalized spacial score (nSPS) is 17.1. The molecule has 1 amide bonds. The smallest absolute Gasteiger partial charge is 0.250 e. The molecule has 2 rings (SSSR count). The van der Waals surface area contributed by atoms with Crippen molar-refractivity contribution in [1.29, 1.82) is 0 Å². The van der Waals surface area contributed by atoms with Gasteiger partial charge in [0.15, 0.2) is 0 Å². The molecular formula is C12H16BrN3O2. The van der Waals surface area contributed by atoms with E-state index < -0.39 is 0 Å². The average Bonchev–Trinajstić information content (AvgIpc) is 2.29. The summed E-state index contributed by atoms with van der Waals surface area (Å²) in [6.45, 7) is 5.55. The number of aromatic nitrogens is 1. The van der Waals surface area contributed by atoms with Gasteiger partial charge in [0.25, 0.3) is 0 Å². The fourth-order valence-electron chi connectivity index (χ4n) is 1.64. The molecule has 1 aromatic heterocycles. The number of pyridine rings is 1. The predicted molar refractivity (Wildman–Crippen MR) is 72.5 cm³/mol. The van der Waals surface area contributed by atoms with Gasteiger partial charge < -0.3 is 15.4 Å². The quantitative estimate of drug-likeness (QED) is 0.826. The maximum absolute atomic E-state index is 11.7. The number of nitrogens with one attached hydrogen (secondary N) is 2. The zero-order valence-corrected chi connectivity index (χ0v) is 12.0. The first-order valence-corrected chi connectivity index (χ1v) is 6.54. The molecule has 2 N–H and O–H groups in total. The zero-order valence-electron chi connectivity index (χ0n) is 10.4. The van der Waals surface area contributed by atoms with Gasteiger partial charge in [-0.3, -0.25) is 4.79 Å². The van der Waals surface area contributed by atoms with Crippen molar-refractivity contribution < 1.29 is 9.53 Å². The zero-order chi connectivity index (χ0) is 13.2. The maximum atomic E-state index is 11.7. The fourth-order valence-corrected chi connectivity index (χ4v) is 1.86. The molecule has 2 heterocycles. The van der Waals surface area contributed by atoms with Crippen LogP contribution in [0.1, 0.15) is 12.5 Å². The minimum Gasteiger partial charge on any atom is -0.363 e. The Kier molecular flexibility index (Phi) is 3.99. The molecule has 18 heavy (non-hydrogen) atoms. The van der Waals surface area contributed by atoms with Gasteiger partial charge in [0.2, 0.25) is 5.91 Å². The van der Waals surface area contributed by atoms with E-state index >= 15 is 0 Å². The lowest BCUT2D eigenvalue weighted by Gasteiger charge is -2.38. The Morgan fingerprint density at radius 3 is 2.94 bits per heavy atom. The van der Waals surface area contributed by atoms with Crippen molar-refractivity contribution in [2.45, 2.75) is 19.4 Å². The lowest BCUT2D eigenvalue weighted by Crippen LogP contribution is -2.59. The van der Waals surface area contributed by atoms with Crippen LogP contribution in [-0.4, -0.2) is 36.2 Å². The van der Waals surface area contributed by atoms with E-state index in [1.807, 2.05) is 19.9 Å². The number of hydrogen-bond acceptors (Lipinski definition) is 4. The van der Waals surface area contributed by atoms with Gasteiger partial charge in [0.05, 0.1) is 17.5 Å². The third-order valence-corrected chi connectivity index (χ3v) is 3.68. The molecular weight excluding hydrogens is 298 g/mol. The highest BCUT2D eigenvalue weighted by Crippen LogP contribution is 2.17. The lowest BCUT2D eigenvalue weighted by atomic mass is 10.0. The standard InChI is InChI=1S/C12H16BrN3O2/c1-8-3-9(4-15-11(8)13)16-10(17)5-18-12(2)6-14-7-12/h3-4,14H,5-7H2,1-2H3,(H,16,17). The topological polar surface area (TPSA) is 63.2 Å². The Balaban J connectivity index is 1.85. The van der Waals surface area contributed by atoms with Crippen LogP contribution in [-0.2, 0) is 9.53 Å². The SMILES string of the molecule is Cc1cc(NC(=O)COC2(C)CNC2)cnc1Br. The molecule has 0 unspecified atom stereocenters. The van der Waals surface area contributed by atoms with Gasteiger partial charge in [0, 0.05) is 13.1 Å². The first kappa shape index (κ1) is 13.5. The number of carbonyl (C=O) groups is 1. The van der Waals surface area contributed by atoms with Gasteiger partial charge in [-0.25, -0.2) is 4.98 Å². The summed E-state index contributed by atoms with van der Waals surface area (Å²) in [6, 6.07) is 1.86. The summed E-state index contributed by atoms with van der Waals surface area (Å²) in [5.74, 6) is -0.161. The van der Waals surface area contributed by atoms with E-state index in [2.05, 4.69) is 31.5 Å². The summed E-state index contributed by atoms with van der Waals surface area (Å²) in [7, 11) is 0. The molecule has 6 heteroatoms. The summed E-state index contributed by atoms with van der Waals surface area (Å²) in [5.41, 5.74) is 1.45. The summed E-state index contributed by atoms with van der Waals surface area (Å²) in [5, 5.41) is 5.88. The second kappa shape index (κ2) is 5.34. The van der Waals surface area contributed by atoms with Crippen molar-refractivity contribution >= 4 is 27.5 Å². The monoisotopic (exact) mass is 313 g/mol. The van der Waals surface area contributed by atoms with Crippen LogP contribution in [0.15, 0.2) is 16.9 Å². The predicted octanol–water partition coefficient (Wildman–Crippen LogP) is 1.47. The van der Waals surface area contributed by atoms with Crippen LogP contribution in [0.5, 0.6) is 0 Å². The fraction of sp³-hybridized carbons (Fsp3) is 0.500. The molecule has 0 radical (unpaired) electrons. The van der Waals surface area contributed by atoms with Crippen LogP contribution in [0, 0.1) is 6.92 Å². The van der Waals surface area contributed by atoms with Gasteiger partial charge in [-0.05, 0) is 41.4 Å². The third kappa shape index (κ3) is 3.28. The number of nitrogens with zero attached hydrogens (tertiary/aromatic N) is 1. The minimum atomic E-state index is -0.203. The Labute approximate surface area is 114 Å². The molecule has 0 atom stereocenters. The van der Waals surface area contributed by atoms with Gasteiger partial charge in [-0.2, -0.15) is 0 Å². The number of rotatable bonds is 4. The lowest BCUT2D eigenvalue weighted by molar-refractivity contribution is -0.130. The Morgan fingerprint density at radius 2 is 2.39 bits per heavy atom. The van der Waals surface area contributed by atoms with E-state index in [-0.39, 0.29) is 18.1 Å². The first-order valence-electron chi connectivity index (χ1n) is 5.75. The molecule has 0 aromatic carbocycles. The van der Waals surface area contributed by atoms with Crippen LogP contribution in [0.25, 0.3) is 0 Å². The largest absolute Gasteiger partial charge is 0.363 e. The number of amides is 1. The highest BCUT2D eigenvalue weighted by molar-refractivity contribution is 9.10. The molecule has 0 spiro atoms. The van der Waals surface area contributed by atoms with Gasteiger partial charge in [0.1, 0.15) is 11.2 Å². The maximum Gasteiger partial charge on any atom is 0.250 e. The summed E-state index contributed by atoms with van der Waals surface area (Å²) in [6.07, 6.45) is 1.61. The molecule has 1 saturated heterocycles. The number of halogens is 1. The number of anilines is 1. The van der Waals surface area contributed by atoms with Crippen LogP contribution >= 0.6 is 15.9 Å². The van der Waals surface area contributed by atoms with E-state index in [1.165, 1.54) is 0 Å². The number of aryl methyl sites for hydroxylation is 1. The van der Waals surface area contributed by atoms with Crippen molar-refractivity contribution in [2.24, 2.45) is 0 Å². The molecule has 1 aromatic rings. The van der Waals surface area contributed by atoms with E-state index in [0.29, 0.717) is 5.69 Å². The molecule has 1 aliphatic heterocycles. The Hall–Kier alpha value is -0.980. The van der Waals surface area contributed by atoms with Crippen molar-refractivity contribution in [3.63, 3.8) is 0 Å². The number of ether oxygens (including phenoxy) is 1. The van der Waals surface area contributed by atoms with Crippen LogP contribution in [0.4, 0.5) is 5.69 Å². The summed E-state index contributed by atoms with van der Waals surface area (Å²) >= 11 is 3.31. The summed E-state index contributed by atoms with van der Waals surface area (Å²) < 4.78 is 6.33. The Bertz CT molecular complexity index is 461. The molecule has 0 aliphatic carbocycles. The molecule has 1 aliphatic rings. The third-order valence-electron chi connectivity index (χ3n) is 2.85. The van der Waals surface area contributed by atoms with Crippen LogP contribution in [0.2, 0.25) is 0 Å². The highest BCUT2D eigenvalue weighted by atomic mass is 79.9. The molecule has 1 fully saturated rings. The number of carbonyl (C=O) groups excluding carboxylic acids is 1. The van der Waals surface area contributed by atoms with Crippen LogP contribution < -0.4 is 10.6 Å². The van der Waals surface area contributed by atoms with Gasteiger partial charge in [-0.1, -0.05) is 0 Å². The van der Waals surface area contributed by atoms with Crippen molar-refractivity contribution in [2.75, 3.05) is 25.0 Å². The molecule has 98 valence electrons. The minimum absolute atomic E-state index is 0.0628. The molecule has 5 nitrogen and oxygen atoms in total. The van der Waals surface area contributed by atoms with Gasteiger partial charge in [-0.15, -0.1) is 0 Å². The van der Waals surface area contributed by atoms with E-state index in [1.54, 1.807) is 6.20 Å². The van der Waals surface area contributed by atoms with E-state index in [0.717, 1.165) is 23.3 Å². The number of hydrogen-bond donors (Lipinski definition) is 2. The van der Waals surface area contributed by atoms with Crippen LogP contribution in [0.3, 0.4) is 0 Å².